The van der Waals surface area contributed by atoms with Crippen molar-refractivity contribution in [2.45, 2.75) is 57.4 Å². The summed E-state index contributed by atoms with van der Waals surface area (Å²) in [5.74, 6) is 0.491. The molecule has 5 nitrogen and oxygen atoms in total. The molecule has 152 valence electrons. The van der Waals surface area contributed by atoms with Gasteiger partial charge in [-0.3, -0.25) is 9.59 Å². The van der Waals surface area contributed by atoms with Crippen LogP contribution in [-0.2, 0) is 4.79 Å². The molecule has 1 aliphatic carbocycles. The van der Waals surface area contributed by atoms with Crippen molar-refractivity contribution in [2.75, 3.05) is 11.9 Å². The average Bonchev–Trinajstić information content (AvgIpc) is 2.72. The molecule has 2 aromatic rings. The Balaban J connectivity index is 1.83. The fraction of sp³-hybridized carbons (Fsp3) is 0.458. The zero-order chi connectivity index (χ0) is 20.4. The van der Waals surface area contributed by atoms with Gasteiger partial charge in [0.25, 0.3) is 5.91 Å². The van der Waals surface area contributed by atoms with Crippen LogP contribution in [0, 0.1) is 5.92 Å². The van der Waals surface area contributed by atoms with Crippen molar-refractivity contribution in [1.82, 2.24) is 9.88 Å². The molecule has 1 saturated carbocycles. The van der Waals surface area contributed by atoms with Gasteiger partial charge in [-0.25, -0.2) is 4.98 Å². The van der Waals surface area contributed by atoms with E-state index in [1.54, 1.807) is 12.3 Å². The molecule has 5 heteroatoms. The Morgan fingerprint density at radius 1 is 1.14 bits per heavy atom. The van der Waals surface area contributed by atoms with Crippen LogP contribution in [0.25, 0.3) is 0 Å². The fourth-order valence-corrected chi connectivity index (χ4v) is 5.11. The molecule has 1 aromatic carbocycles. The number of fused-ring (bicyclic) bond motifs is 1. The smallest absolute Gasteiger partial charge is 0.254 e. The summed E-state index contributed by atoms with van der Waals surface area (Å²) in [6, 6.07) is 13.1. The third-order valence-corrected chi connectivity index (χ3v) is 6.27. The number of nitrogens with zero attached hydrogens (tertiary/aromatic N) is 2. The van der Waals surface area contributed by atoms with Gasteiger partial charge in [0.05, 0.1) is 11.5 Å². The van der Waals surface area contributed by atoms with Gasteiger partial charge in [-0.15, -0.1) is 0 Å². The highest BCUT2D eigenvalue weighted by Gasteiger charge is 2.54. The van der Waals surface area contributed by atoms with Crippen LogP contribution >= 0.6 is 0 Å². The predicted molar refractivity (Wildman–Crippen MR) is 114 cm³/mol. The first-order chi connectivity index (χ1) is 14.0. The third kappa shape index (κ3) is 3.54. The molecule has 2 amide bonds. The predicted octanol–water partition coefficient (Wildman–Crippen LogP) is 4.62. The third-order valence-electron chi connectivity index (χ3n) is 6.27. The molecular formula is C24H29N3O2. The van der Waals surface area contributed by atoms with Crippen molar-refractivity contribution < 1.29 is 9.59 Å². The molecule has 1 fully saturated rings. The molecule has 1 aliphatic heterocycles. The van der Waals surface area contributed by atoms with Crippen molar-refractivity contribution in [3.8, 4) is 0 Å². The Hall–Kier alpha value is -2.69. The van der Waals surface area contributed by atoms with Gasteiger partial charge < -0.3 is 10.2 Å². The largest absolute Gasteiger partial charge is 0.332 e. The number of aromatic nitrogens is 1. The van der Waals surface area contributed by atoms with Crippen molar-refractivity contribution in [1.29, 1.82) is 0 Å². The Morgan fingerprint density at radius 3 is 2.55 bits per heavy atom. The Labute approximate surface area is 172 Å². The van der Waals surface area contributed by atoms with Crippen molar-refractivity contribution >= 4 is 17.6 Å². The Morgan fingerprint density at radius 2 is 1.86 bits per heavy atom. The summed E-state index contributed by atoms with van der Waals surface area (Å²) in [6.45, 7) is 4.93. The number of carbonyl (C=O) groups excluding carboxylic acids is 2. The summed E-state index contributed by atoms with van der Waals surface area (Å²) in [5.41, 5.74) is 1.05. The standard InChI is InChI=1S/C24H29N3O2/c1-17(2)16-27-23(29)19-11-5-4-10-18(19)21(24(27)13-7-3-8-14-24)22(28)26-20-12-6-9-15-25-20/h4-6,9-12,15,17,21H,3,7-8,13-14,16H2,1-2H3,(H,25,26,28)/t21-/m1/s1. The second-order valence-corrected chi connectivity index (χ2v) is 8.70. The second kappa shape index (κ2) is 7.97. The summed E-state index contributed by atoms with van der Waals surface area (Å²) < 4.78 is 0. The number of amides is 2. The van der Waals surface area contributed by atoms with E-state index in [9.17, 15) is 9.59 Å². The maximum atomic E-state index is 13.7. The lowest BCUT2D eigenvalue weighted by Crippen LogP contribution is -2.62. The van der Waals surface area contributed by atoms with Crippen LogP contribution in [0.5, 0.6) is 0 Å². The Kier molecular flexibility index (Phi) is 5.39. The van der Waals surface area contributed by atoms with Gasteiger partial charge in [0.15, 0.2) is 0 Å². The van der Waals surface area contributed by atoms with Crippen molar-refractivity contribution in [3.05, 3.63) is 59.8 Å². The number of rotatable bonds is 4. The van der Waals surface area contributed by atoms with Crippen LogP contribution in [-0.4, -0.2) is 33.8 Å². The zero-order valence-electron chi connectivity index (χ0n) is 17.2. The summed E-state index contributed by atoms with van der Waals surface area (Å²) in [5, 5.41) is 3.02. The number of pyridine rings is 1. The van der Waals surface area contributed by atoms with Gasteiger partial charge in [0, 0.05) is 18.3 Å². The summed E-state index contributed by atoms with van der Waals surface area (Å²) in [6.07, 6.45) is 6.63. The topological polar surface area (TPSA) is 62.3 Å². The van der Waals surface area contributed by atoms with Gasteiger partial charge >= 0.3 is 0 Å². The van der Waals surface area contributed by atoms with E-state index < -0.39 is 11.5 Å². The lowest BCUT2D eigenvalue weighted by Gasteiger charge is -2.54. The number of hydrogen-bond acceptors (Lipinski definition) is 3. The molecule has 1 aromatic heterocycles. The lowest BCUT2D eigenvalue weighted by molar-refractivity contribution is -0.122. The number of hydrogen-bond donors (Lipinski definition) is 1. The van der Waals surface area contributed by atoms with E-state index in [4.69, 9.17) is 0 Å². The number of anilines is 1. The highest BCUT2D eigenvalue weighted by molar-refractivity contribution is 6.04. The first kappa shape index (κ1) is 19.6. The zero-order valence-corrected chi connectivity index (χ0v) is 17.2. The van der Waals surface area contributed by atoms with Gasteiger partial charge in [-0.05, 0) is 42.5 Å². The van der Waals surface area contributed by atoms with Crippen LogP contribution in [0.4, 0.5) is 5.82 Å². The van der Waals surface area contributed by atoms with Gasteiger partial charge in [0.1, 0.15) is 5.82 Å². The highest BCUT2D eigenvalue weighted by Crippen LogP contribution is 2.49. The van der Waals surface area contributed by atoms with Crippen molar-refractivity contribution in [3.63, 3.8) is 0 Å². The molecule has 2 heterocycles. The van der Waals surface area contributed by atoms with E-state index in [0.29, 0.717) is 23.8 Å². The quantitative estimate of drug-likeness (QED) is 0.827. The van der Waals surface area contributed by atoms with E-state index in [2.05, 4.69) is 24.1 Å². The van der Waals surface area contributed by atoms with E-state index in [1.165, 1.54) is 0 Å². The first-order valence-corrected chi connectivity index (χ1v) is 10.7. The van der Waals surface area contributed by atoms with Crippen LogP contribution < -0.4 is 5.32 Å². The summed E-state index contributed by atoms with van der Waals surface area (Å²) >= 11 is 0. The molecule has 0 radical (unpaired) electrons. The normalized spacial score (nSPS) is 20.6. The minimum absolute atomic E-state index is 0.0677. The molecule has 4 rings (SSSR count). The molecule has 0 unspecified atom stereocenters. The lowest BCUT2D eigenvalue weighted by atomic mass is 9.65. The van der Waals surface area contributed by atoms with E-state index in [1.807, 2.05) is 41.3 Å². The van der Waals surface area contributed by atoms with Gasteiger partial charge in [0.2, 0.25) is 5.91 Å². The van der Waals surface area contributed by atoms with Crippen LogP contribution in [0.2, 0.25) is 0 Å². The Bertz CT molecular complexity index is 888. The molecule has 29 heavy (non-hydrogen) atoms. The molecule has 1 spiro atoms. The van der Waals surface area contributed by atoms with Crippen LogP contribution in [0.3, 0.4) is 0 Å². The summed E-state index contributed by atoms with van der Waals surface area (Å²) in [4.78, 5) is 33.5. The van der Waals surface area contributed by atoms with E-state index in [-0.39, 0.29) is 11.8 Å². The average molecular weight is 392 g/mol. The van der Waals surface area contributed by atoms with Crippen molar-refractivity contribution in [2.24, 2.45) is 5.92 Å². The molecule has 0 saturated heterocycles. The molecule has 1 atom stereocenters. The minimum atomic E-state index is -0.465. The van der Waals surface area contributed by atoms with Gasteiger partial charge in [-0.1, -0.05) is 57.4 Å². The molecule has 2 aliphatic rings. The highest BCUT2D eigenvalue weighted by atomic mass is 16.2. The monoisotopic (exact) mass is 391 g/mol. The van der Waals surface area contributed by atoms with Gasteiger partial charge in [-0.2, -0.15) is 0 Å². The summed E-state index contributed by atoms with van der Waals surface area (Å²) in [7, 11) is 0. The second-order valence-electron chi connectivity index (χ2n) is 8.70. The van der Waals surface area contributed by atoms with Crippen LogP contribution in [0.15, 0.2) is 48.7 Å². The number of nitrogens with one attached hydrogen (secondary N) is 1. The molecule has 1 N–H and O–H groups in total. The van der Waals surface area contributed by atoms with Crippen LogP contribution in [0.1, 0.15) is 67.8 Å². The maximum Gasteiger partial charge on any atom is 0.254 e. The maximum absolute atomic E-state index is 13.7. The van der Waals surface area contributed by atoms with E-state index in [0.717, 1.165) is 37.7 Å². The minimum Gasteiger partial charge on any atom is -0.332 e. The van der Waals surface area contributed by atoms with E-state index >= 15 is 0 Å². The molecular weight excluding hydrogens is 362 g/mol. The number of carbonyl (C=O) groups is 2. The molecule has 0 bridgehead atoms. The first-order valence-electron chi connectivity index (χ1n) is 10.7. The number of benzene rings is 1. The fourth-order valence-electron chi connectivity index (χ4n) is 5.11. The SMILES string of the molecule is CC(C)CN1C(=O)c2ccccc2[C@H](C(=O)Nc2ccccn2)C12CCCCC2.